The summed E-state index contributed by atoms with van der Waals surface area (Å²) in [6.07, 6.45) is 8.09. The fraction of sp³-hybridized carbons (Fsp3) is 0.471. The molecule has 0 saturated heterocycles. The maximum Gasteiger partial charge on any atom is 0.414 e. The molecule has 1 aromatic carbocycles. The van der Waals surface area contributed by atoms with E-state index in [1.807, 2.05) is 19.1 Å². The highest BCUT2D eigenvalue weighted by Gasteiger charge is 2.25. The van der Waals surface area contributed by atoms with E-state index < -0.39 is 0 Å². The van der Waals surface area contributed by atoms with Crippen molar-refractivity contribution in [2.45, 2.75) is 32.2 Å². The van der Waals surface area contributed by atoms with Crippen LogP contribution in [-0.4, -0.2) is 31.1 Å². The number of carbonyl (C=O) groups excluding carboxylic acids is 1. The SMILES string of the molecule is C#CC[NH2+][C@H]1CCc2ccc(OC(=O)N(C)CCC)cc21.[Cl-]. The molecule has 0 aliphatic heterocycles. The molecule has 22 heavy (non-hydrogen) atoms. The van der Waals surface area contributed by atoms with Crippen LogP contribution in [0.25, 0.3) is 0 Å². The topological polar surface area (TPSA) is 46.1 Å². The van der Waals surface area contributed by atoms with E-state index in [0.29, 0.717) is 24.9 Å². The van der Waals surface area contributed by atoms with E-state index in [0.717, 1.165) is 19.3 Å². The summed E-state index contributed by atoms with van der Waals surface area (Å²) in [4.78, 5) is 13.5. The number of terminal acetylenes is 1. The van der Waals surface area contributed by atoms with Gasteiger partial charge in [0.2, 0.25) is 0 Å². The number of benzene rings is 1. The first-order valence-corrected chi connectivity index (χ1v) is 7.48. The van der Waals surface area contributed by atoms with Crippen LogP contribution in [0.4, 0.5) is 4.79 Å². The van der Waals surface area contributed by atoms with E-state index in [1.54, 1.807) is 11.9 Å². The number of carbonyl (C=O) groups is 1. The van der Waals surface area contributed by atoms with E-state index >= 15 is 0 Å². The molecule has 1 aromatic rings. The number of quaternary nitrogens is 1. The first kappa shape index (κ1) is 18.3. The zero-order chi connectivity index (χ0) is 15.2. The summed E-state index contributed by atoms with van der Waals surface area (Å²) in [5, 5.41) is 2.17. The molecule has 2 rings (SSSR count). The van der Waals surface area contributed by atoms with Crippen LogP contribution in [0.1, 0.15) is 36.9 Å². The number of hydrogen-bond donors (Lipinski definition) is 1. The van der Waals surface area contributed by atoms with Gasteiger partial charge in [-0.15, -0.1) is 6.42 Å². The summed E-state index contributed by atoms with van der Waals surface area (Å²) in [7, 11) is 1.75. The van der Waals surface area contributed by atoms with Crippen molar-refractivity contribution >= 4 is 6.09 Å². The quantitative estimate of drug-likeness (QED) is 0.686. The average molecular weight is 323 g/mol. The molecule has 120 valence electrons. The van der Waals surface area contributed by atoms with Gasteiger partial charge in [-0.05, 0) is 36.5 Å². The molecular formula is C17H23ClN2O2. The number of fused-ring (bicyclic) bond motifs is 1. The smallest absolute Gasteiger partial charge is 0.414 e. The van der Waals surface area contributed by atoms with Gasteiger partial charge in [0, 0.05) is 25.6 Å². The monoisotopic (exact) mass is 322 g/mol. The van der Waals surface area contributed by atoms with Crippen molar-refractivity contribution in [2.24, 2.45) is 0 Å². The molecule has 1 atom stereocenters. The molecule has 0 spiro atoms. The molecule has 0 heterocycles. The molecule has 0 fully saturated rings. The van der Waals surface area contributed by atoms with Gasteiger partial charge >= 0.3 is 6.09 Å². The third-order valence-electron chi connectivity index (χ3n) is 3.84. The van der Waals surface area contributed by atoms with Gasteiger partial charge in [0.05, 0.1) is 0 Å². The number of ether oxygens (including phenoxy) is 1. The summed E-state index contributed by atoms with van der Waals surface area (Å²) in [5.41, 5.74) is 2.57. The zero-order valence-electron chi connectivity index (χ0n) is 13.1. The highest BCUT2D eigenvalue weighted by atomic mass is 35.5. The number of hydrogen-bond acceptors (Lipinski definition) is 2. The summed E-state index contributed by atoms with van der Waals surface area (Å²) in [6, 6.07) is 6.29. The van der Waals surface area contributed by atoms with Crippen LogP contribution in [0.3, 0.4) is 0 Å². The van der Waals surface area contributed by atoms with Crippen LogP contribution >= 0.6 is 0 Å². The van der Waals surface area contributed by atoms with Gasteiger partial charge in [-0.3, -0.25) is 0 Å². The fourth-order valence-corrected chi connectivity index (χ4v) is 2.74. The minimum absolute atomic E-state index is 0. The second-order valence-corrected chi connectivity index (χ2v) is 5.44. The summed E-state index contributed by atoms with van der Waals surface area (Å²) in [6.45, 7) is 3.40. The van der Waals surface area contributed by atoms with Crippen LogP contribution in [0, 0.1) is 12.3 Å². The minimum atomic E-state index is -0.307. The standard InChI is InChI=1S/C17H22N2O2.ClH/c1-4-10-18-16-9-7-13-6-8-14(12-15(13)16)21-17(20)19(3)11-5-2;/h1,6,8,12,16,18H,5,7,9-11H2,2-3H3;1H/t16-;/m0./s1. The Kier molecular flexibility index (Phi) is 7.23. The van der Waals surface area contributed by atoms with Crippen molar-refractivity contribution in [1.29, 1.82) is 0 Å². The molecule has 0 aromatic heterocycles. The van der Waals surface area contributed by atoms with Crippen LogP contribution in [0.5, 0.6) is 5.75 Å². The van der Waals surface area contributed by atoms with Gasteiger partial charge in [0.25, 0.3) is 0 Å². The molecule has 1 aliphatic rings. The molecule has 0 radical (unpaired) electrons. The Bertz CT molecular complexity index is 554. The van der Waals surface area contributed by atoms with E-state index in [9.17, 15) is 4.79 Å². The number of amides is 1. The molecule has 1 amide bonds. The van der Waals surface area contributed by atoms with Crippen molar-refractivity contribution in [1.82, 2.24) is 4.90 Å². The fourth-order valence-electron chi connectivity index (χ4n) is 2.74. The molecule has 2 N–H and O–H groups in total. The van der Waals surface area contributed by atoms with Crippen LogP contribution in [0.15, 0.2) is 18.2 Å². The van der Waals surface area contributed by atoms with Crippen molar-refractivity contribution in [3.05, 3.63) is 29.3 Å². The number of nitrogens with two attached hydrogens (primary N) is 1. The lowest BCUT2D eigenvalue weighted by Crippen LogP contribution is -3.00. The third kappa shape index (κ3) is 4.40. The molecule has 0 bridgehead atoms. The van der Waals surface area contributed by atoms with E-state index in [-0.39, 0.29) is 18.5 Å². The number of aryl methyl sites for hydroxylation is 1. The van der Waals surface area contributed by atoms with Crippen molar-refractivity contribution in [3.8, 4) is 18.1 Å². The second-order valence-electron chi connectivity index (χ2n) is 5.44. The van der Waals surface area contributed by atoms with Crippen molar-refractivity contribution < 1.29 is 27.3 Å². The normalized spacial score (nSPS) is 15.4. The van der Waals surface area contributed by atoms with Gasteiger partial charge in [-0.1, -0.05) is 13.0 Å². The highest BCUT2D eigenvalue weighted by Crippen LogP contribution is 2.31. The average Bonchev–Trinajstić information content (AvgIpc) is 2.87. The minimum Gasteiger partial charge on any atom is -1.00 e. The Balaban J connectivity index is 0.00000242. The Morgan fingerprint density at radius 3 is 3.00 bits per heavy atom. The second kappa shape index (κ2) is 8.67. The van der Waals surface area contributed by atoms with Gasteiger partial charge in [0.1, 0.15) is 18.3 Å². The summed E-state index contributed by atoms with van der Waals surface area (Å²) < 4.78 is 5.44. The van der Waals surface area contributed by atoms with Crippen LogP contribution in [-0.2, 0) is 6.42 Å². The van der Waals surface area contributed by atoms with E-state index in [1.165, 1.54) is 11.1 Å². The lowest BCUT2D eigenvalue weighted by Gasteiger charge is -2.16. The van der Waals surface area contributed by atoms with Crippen LogP contribution < -0.4 is 22.5 Å². The predicted molar refractivity (Wildman–Crippen MR) is 82.1 cm³/mol. The molecule has 4 nitrogen and oxygen atoms in total. The maximum absolute atomic E-state index is 11.9. The van der Waals surface area contributed by atoms with Gasteiger partial charge in [-0.25, -0.2) is 4.79 Å². The predicted octanol–water partition coefficient (Wildman–Crippen LogP) is -1.28. The molecule has 0 saturated carbocycles. The summed E-state index contributed by atoms with van der Waals surface area (Å²) in [5.74, 6) is 3.27. The van der Waals surface area contributed by atoms with Gasteiger partial charge < -0.3 is 27.4 Å². The Morgan fingerprint density at radius 2 is 2.32 bits per heavy atom. The van der Waals surface area contributed by atoms with Crippen molar-refractivity contribution in [3.63, 3.8) is 0 Å². The highest BCUT2D eigenvalue weighted by molar-refractivity contribution is 5.70. The lowest BCUT2D eigenvalue weighted by atomic mass is 10.1. The largest absolute Gasteiger partial charge is 1.00 e. The molecular weight excluding hydrogens is 300 g/mol. The van der Waals surface area contributed by atoms with Crippen molar-refractivity contribution in [2.75, 3.05) is 20.1 Å². The maximum atomic E-state index is 11.9. The molecule has 1 aliphatic carbocycles. The third-order valence-corrected chi connectivity index (χ3v) is 3.84. The number of rotatable bonds is 5. The van der Waals surface area contributed by atoms with E-state index in [2.05, 4.69) is 17.3 Å². The Morgan fingerprint density at radius 1 is 1.55 bits per heavy atom. The van der Waals surface area contributed by atoms with Gasteiger partial charge in [0.15, 0.2) is 0 Å². The van der Waals surface area contributed by atoms with E-state index in [4.69, 9.17) is 11.2 Å². The number of nitrogens with zero attached hydrogens (tertiary/aromatic N) is 1. The van der Waals surface area contributed by atoms with Crippen LogP contribution in [0.2, 0.25) is 0 Å². The molecule has 0 unspecified atom stereocenters. The first-order valence-electron chi connectivity index (χ1n) is 7.48. The first-order chi connectivity index (χ1) is 10.2. The van der Waals surface area contributed by atoms with Gasteiger partial charge in [-0.2, -0.15) is 0 Å². The zero-order valence-corrected chi connectivity index (χ0v) is 13.9. The molecule has 5 heteroatoms. The number of halogens is 1. The Hall–Kier alpha value is -1.70. The lowest BCUT2D eigenvalue weighted by molar-refractivity contribution is -0.685. The Labute approximate surface area is 138 Å². The summed E-state index contributed by atoms with van der Waals surface area (Å²) >= 11 is 0.